The van der Waals surface area contributed by atoms with Crippen LogP contribution in [0.3, 0.4) is 0 Å². The van der Waals surface area contributed by atoms with Crippen LogP contribution >= 0.6 is 0 Å². The highest BCUT2D eigenvalue weighted by Crippen LogP contribution is 2.32. The second kappa shape index (κ2) is 6.26. The number of nitrogens with one attached hydrogen (secondary N) is 1. The first-order valence-corrected chi connectivity index (χ1v) is 7.15. The number of ether oxygens (including phenoxy) is 1. The molecule has 1 aromatic carbocycles. The van der Waals surface area contributed by atoms with Gasteiger partial charge < -0.3 is 15.8 Å². The summed E-state index contributed by atoms with van der Waals surface area (Å²) in [5, 5.41) is 4.15. The lowest BCUT2D eigenvalue weighted by molar-refractivity contribution is 0.469. The Hall–Kier alpha value is -2.89. The highest BCUT2D eigenvalue weighted by atomic mass is 16.5. The molecule has 6 nitrogen and oxygen atoms in total. The van der Waals surface area contributed by atoms with E-state index in [0.29, 0.717) is 23.1 Å². The zero-order valence-electron chi connectivity index (χ0n) is 12.3. The van der Waals surface area contributed by atoms with Crippen LogP contribution in [0.1, 0.15) is 13.3 Å². The van der Waals surface area contributed by atoms with Crippen LogP contribution in [0, 0.1) is 0 Å². The van der Waals surface area contributed by atoms with E-state index in [2.05, 4.69) is 27.2 Å². The van der Waals surface area contributed by atoms with Gasteiger partial charge in [0.2, 0.25) is 5.88 Å². The second-order valence-electron chi connectivity index (χ2n) is 4.80. The molecule has 0 fully saturated rings. The maximum atomic E-state index is 6.08. The predicted octanol–water partition coefficient (Wildman–Crippen LogP) is 3.22. The summed E-state index contributed by atoms with van der Waals surface area (Å²) in [5.74, 6) is 1.52. The molecule has 3 N–H and O–H groups in total. The van der Waals surface area contributed by atoms with Gasteiger partial charge in [-0.3, -0.25) is 4.98 Å². The Bertz CT molecular complexity index is 785. The zero-order chi connectivity index (χ0) is 15.4. The number of aromatic nitrogens is 3. The molecule has 0 bridgehead atoms. The highest BCUT2D eigenvalue weighted by Gasteiger charge is 2.11. The molecular weight excluding hydrogens is 278 g/mol. The molecule has 3 rings (SSSR count). The third-order valence-electron chi connectivity index (χ3n) is 3.19. The van der Waals surface area contributed by atoms with Crippen molar-refractivity contribution in [2.45, 2.75) is 13.3 Å². The first-order chi connectivity index (χ1) is 10.8. The van der Waals surface area contributed by atoms with Crippen LogP contribution in [-0.2, 0) is 0 Å². The Morgan fingerprint density at radius 2 is 2.00 bits per heavy atom. The third-order valence-corrected chi connectivity index (χ3v) is 3.19. The van der Waals surface area contributed by atoms with E-state index in [4.69, 9.17) is 10.5 Å². The van der Waals surface area contributed by atoms with Crippen molar-refractivity contribution in [3.8, 4) is 11.6 Å². The molecule has 0 aliphatic carbocycles. The fourth-order valence-corrected chi connectivity index (χ4v) is 2.11. The summed E-state index contributed by atoms with van der Waals surface area (Å²) in [4.78, 5) is 12.6. The first-order valence-electron chi connectivity index (χ1n) is 7.15. The van der Waals surface area contributed by atoms with E-state index in [1.54, 1.807) is 6.20 Å². The lowest BCUT2D eigenvalue weighted by Gasteiger charge is -2.12. The molecule has 0 atom stereocenters. The number of nitrogens with zero attached hydrogens (tertiary/aromatic N) is 3. The van der Waals surface area contributed by atoms with Crippen LogP contribution in [0.4, 0.5) is 11.5 Å². The molecule has 2 heterocycles. The first kappa shape index (κ1) is 14.1. The van der Waals surface area contributed by atoms with Gasteiger partial charge in [-0.2, -0.15) is 4.98 Å². The number of anilines is 2. The van der Waals surface area contributed by atoms with Crippen molar-refractivity contribution in [3.63, 3.8) is 0 Å². The Balaban J connectivity index is 1.95. The molecule has 0 aliphatic rings. The quantitative estimate of drug-likeness (QED) is 0.751. The summed E-state index contributed by atoms with van der Waals surface area (Å²) in [5.41, 5.74) is 7.25. The van der Waals surface area contributed by atoms with Crippen LogP contribution in [0.25, 0.3) is 10.9 Å². The number of fused-ring (bicyclic) bond motifs is 1. The van der Waals surface area contributed by atoms with Crippen LogP contribution in [-0.4, -0.2) is 21.5 Å². The van der Waals surface area contributed by atoms with E-state index >= 15 is 0 Å². The largest absolute Gasteiger partial charge is 0.435 e. The molecule has 0 spiro atoms. The topological polar surface area (TPSA) is 86.0 Å². The molecule has 0 saturated carbocycles. The van der Waals surface area contributed by atoms with E-state index in [-0.39, 0.29) is 0 Å². The van der Waals surface area contributed by atoms with Crippen molar-refractivity contribution in [2.75, 3.05) is 17.6 Å². The van der Waals surface area contributed by atoms with Gasteiger partial charge in [-0.15, -0.1) is 0 Å². The number of pyridine rings is 1. The zero-order valence-corrected chi connectivity index (χ0v) is 12.3. The number of nitrogen functional groups attached to an aromatic ring is 1. The lowest BCUT2D eigenvalue weighted by atomic mass is 10.2. The van der Waals surface area contributed by atoms with Gasteiger partial charge in [0.05, 0.1) is 0 Å². The summed E-state index contributed by atoms with van der Waals surface area (Å²) in [6.07, 6.45) is 4.14. The minimum atomic E-state index is 0.326. The molecule has 112 valence electrons. The van der Waals surface area contributed by atoms with Gasteiger partial charge in [-0.25, -0.2) is 4.98 Å². The SMILES string of the molecule is CCCNc1ncnc(Oc2cccc3cccnc23)c1N. The fraction of sp³-hybridized carbons (Fsp3) is 0.188. The number of rotatable bonds is 5. The molecule has 0 radical (unpaired) electrons. The van der Waals surface area contributed by atoms with Gasteiger partial charge in [-0.1, -0.05) is 25.1 Å². The molecule has 0 aliphatic heterocycles. The summed E-state index contributed by atoms with van der Waals surface area (Å²) >= 11 is 0. The molecular formula is C16H17N5O. The normalized spacial score (nSPS) is 10.6. The number of para-hydroxylation sites is 1. The van der Waals surface area contributed by atoms with Gasteiger partial charge in [0.15, 0.2) is 11.6 Å². The third kappa shape index (κ3) is 2.76. The van der Waals surface area contributed by atoms with Crippen LogP contribution in [0.5, 0.6) is 11.6 Å². The van der Waals surface area contributed by atoms with Gasteiger partial charge in [-0.05, 0) is 18.6 Å². The Kier molecular flexibility index (Phi) is 4.00. The Morgan fingerprint density at radius 3 is 2.86 bits per heavy atom. The maximum absolute atomic E-state index is 6.08. The summed E-state index contributed by atoms with van der Waals surface area (Å²) < 4.78 is 5.86. The lowest BCUT2D eigenvalue weighted by Crippen LogP contribution is -2.07. The van der Waals surface area contributed by atoms with Crippen LogP contribution in [0.15, 0.2) is 42.9 Å². The van der Waals surface area contributed by atoms with Crippen molar-refractivity contribution in [1.82, 2.24) is 15.0 Å². The predicted molar refractivity (Wildman–Crippen MR) is 87.0 cm³/mol. The molecule has 3 aromatic rings. The van der Waals surface area contributed by atoms with Crippen molar-refractivity contribution in [1.29, 1.82) is 0 Å². The highest BCUT2D eigenvalue weighted by molar-refractivity contribution is 5.84. The van der Waals surface area contributed by atoms with Crippen LogP contribution < -0.4 is 15.8 Å². The van der Waals surface area contributed by atoms with E-state index in [0.717, 1.165) is 23.9 Å². The van der Waals surface area contributed by atoms with E-state index < -0.39 is 0 Å². The Morgan fingerprint density at radius 1 is 1.14 bits per heavy atom. The molecule has 0 unspecified atom stereocenters. The number of benzene rings is 1. The standard InChI is InChI=1S/C16H17N5O/c1-2-8-19-15-13(17)16(21-10-20-15)22-12-7-3-5-11-6-4-9-18-14(11)12/h3-7,9-10H,2,8,17H2,1H3,(H,19,20,21). The smallest absolute Gasteiger partial charge is 0.248 e. The van der Waals surface area contributed by atoms with E-state index in [9.17, 15) is 0 Å². The maximum Gasteiger partial charge on any atom is 0.248 e. The summed E-state index contributed by atoms with van der Waals surface area (Å²) in [6.45, 7) is 2.86. The van der Waals surface area contributed by atoms with Crippen molar-refractivity contribution >= 4 is 22.4 Å². The molecule has 2 aromatic heterocycles. The Labute approximate surface area is 128 Å². The van der Waals surface area contributed by atoms with Gasteiger partial charge in [0, 0.05) is 18.1 Å². The van der Waals surface area contributed by atoms with Gasteiger partial charge in [0.1, 0.15) is 17.5 Å². The van der Waals surface area contributed by atoms with Gasteiger partial charge >= 0.3 is 0 Å². The minimum absolute atomic E-state index is 0.326. The van der Waals surface area contributed by atoms with Gasteiger partial charge in [0.25, 0.3) is 0 Å². The van der Waals surface area contributed by atoms with Crippen LogP contribution in [0.2, 0.25) is 0 Å². The van der Waals surface area contributed by atoms with E-state index in [1.807, 2.05) is 30.3 Å². The second-order valence-corrected chi connectivity index (χ2v) is 4.80. The summed E-state index contributed by atoms with van der Waals surface area (Å²) in [6, 6.07) is 9.60. The average Bonchev–Trinajstić information content (AvgIpc) is 2.56. The molecule has 0 saturated heterocycles. The average molecular weight is 295 g/mol. The molecule has 22 heavy (non-hydrogen) atoms. The molecule has 6 heteroatoms. The number of nitrogens with two attached hydrogens (primary N) is 1. The van der Waals surface area contributed by atoms with E-state index in [1.165, 1.54) is 6.33 Å². The summed E-state index contributed by atoms with van der Waals surface area (Å²) in [7, 11) is 0. The van der Waals surface area contributed by atoms with Crippen molar-refractivity contribution in [3.05, 3.63) is 42.9 Å². The number of hydrogen-bond donors (Lipinski definition) is 2. The number of hydrogen-bond acceptors (Lipinski definition) is 6. The molecule has 0 amide bonds. The fourth-order valence-electron chi connectivity index (χ4n) is 2.11. The minimum Gasteiger partial charge on any atom is -0.435 e. The van der Waals surface area contributed by atoms with Crippen molar-refractivity contribution in [2.24, 2.45) is 0 Å². The van der Waals surface area contributed by atoms with Crippen molar-refractivity contribution < 1.29 is 4.74 Å². The monoisotopic (exact) mass is 295 g/mol.